The van der Waals surface area contributed by atoms with Gasteiger partial charge in [-0.1, -0.05) is 45.4 Å². The van der Waals surface area contributed by atoms with Gasteiger partial charge in [-0.05, 0) is 79.9 Å². The fourth-order valence-corrected chi connectivity index (χ4v) is 5.49. The molecule has 0 N–H and O–H groups in total. The summed E-state index contributed by atoms with van der Waals surface area (Å²) in [6.07, 6.45) is 15.5. The number of nitrogens with zero attached hydrogens (tertiary/aromatic N) is 1. The molecule has 3 heteroatoms. The Labute approximate surface area is 163 Å². The molecule has 1 nitrogen and oxygen atoms in total. The number of unbranched alkanes of at least 4 members (excludes halogenated alkanes) is 2. The van der Waals surface area contributed by atoms with E-state index in [-0.39, 0.29) is 5.92 Å². The van der Waals surface area contributed by atoms with E-state index in [1.807, 2.05) is 0 Å². The van der Waals surface area contributed by atoms with Crippen LogP contribution in [0.25, 0.3) is 0 Å². The Hall–Kier alpha value is -1.43. The molecule has 0 saturated heterocycles. The number of hydrogen-bond acceptors (Lipinski definition) is 1. The molecule has 0 atom stereocenters. The number of halogens is 2. The molecule has 0 bridgehead atoms. The van der Waals surface area contributed by atoms with Gasteiger partial charge in [-0.15, -0.1) is 0 Å². The van der Waals surface area contributed by atoms with E-state index in [1.165, 1.54) is 76.3 Å². The molecule has 148 valence electrons. The number of benzene rings is 1. The highest BCUT2D eigenvalue weighted by Crippen LogP contribution is 2.44. The van der Waals surface area contributed by atoms with E-state index in [2.05, 4.69) is 6.92 Å². The van der Waals surface area contributed by atoms with Gasteiger partial charge in [-0.3, -0.25) is 0 Å². The topological polar surface area (TPSA) is 23.8 Å². The van der Waals surface area contributed by atoms with Crippen LogP contribution in [-0.4, -0.2) is 0 Å². The van der Waals surface area contributed by atoms with Gasteiger partial charge in [0, 0.05) is 0 Å². The van der Waals surface area contributed by atoms with Crippen molar-refractivity contribution in [3.8, 4) is 6.07 Å². The quantitative estimate of drug-likeness (QED) is 0.474. The molecule has 0 radical (unpaired) electrons. The van der Waals surface area contributed by atoms with Crippen LogP contribution >= 0.6 is 0 Å². The van der Waals surface area contributed by atoms with Crippen molar-refractivity contribution in [3.63, 3.8) is 0 Å². The maximum atomic E-state index is 13.9. The third-order valence-corrected chi connectivity index (χ3v) is 7.19. The van der Waals surface area contributed by atoms with Crippen molar-refractivity contribution < 1.29 is 8.78 Å². The second kappa shape index (κ2) is 9.67. The Balaban J connectivity index is 1.48. The molecule has 27 heavy (non-hydrogen) atoms. The van der Waals surface area contributed by atoms with Crippen LogP contribution in [0, 0.1) is 40.7 Å². The van der Waals surface area contributed by atoms with Crippen LogP contribution < -0.4 is 0 Å². The van der Waals surface area contributed by atoms with Gasteiger partial charge < -0.3 is 0 Å². The third-order valence-electron chi connectivity index (χ3n) is 7.19. The zero-order chi connectivity index (χ0) is 19.2. The predicted molar refractivity (Wildman–Crippen MR) is 105 cm³/mol. The monoisotopic (exact) mass is 373 g/mol. The number of rotatable bonds is 6. The van der Waals surface area contributed by atoms with Crippen molar-refractivity contribution in [3.05, 3.63) is 34.9 Å². The summed E-state index contributed by atoms with van der Waals surface area (Å²) in [6.45, 7) is 2.27. The molecule has 3 rings (SSSR count). The normalized spacial score (nSPS) is 28.7. The van der Waals surface area contributed by atoms with Gasteiger partial charge in [0.25, 0.3) is 0 Å². The Morgan fingerprint density at radius 3 is 1.96 bits per heavy atom. The van der Waals surface area contributed by atoms with Gasteiger partial charge in [0.2, 0.25) is 0 Å². The summed E-state index contributed by atoms with van der Waals surface area (Å²) >= 11 is 0. The average Bonchev–Trinajstić information content (AvgIpc) is 2.69. The van der Waals surface area contributed by atoms with Gasteiger partial charge in [0.15, 0.2) is 0 Å². The zero-order valence-corrected chi connectivity index (χ0v) is 16.7. The molecule has 0 aromatic heterocycles. The molecule has 0 heterocycles. The summed E-state index contributed by atoms with van der Waals surface area (Å²) in [5.74, 6) is 1.43. The number of hydrogen-bond donors (Lipinski definition) is 0. The minimum Gasteiger partial charge on any atom is -0.205 e. The third kappa shape index (κ3) is 5.09. The highest BCUT2D eigenvalue weighted by molar-refractivity contribution is 5.36. The first-order valence-corrected chi connectivity index (χ1v) is 11.0. The van der Waals surface area contributed by atoms with Gasteiger partial charge in [-0.2, -0.15) is 5.26 Å². The van der Waals surface area contributed by atoms with Gasteiger partial charge >= 0.3 is 0 Å². The van der Waals surface area contributed by atoms with Gasteiger partial charge in [0.1, 0.15) is 23.3 Å². The van der Waals surface area contributed by atoms with E-state index >= 15 is 0 Å². The number of nitriles is 1. The largest absolute Gasteiger partial charge is 0.205 e. The van der Waals surface area contributed by atoms with E-state index in [0.29, 0.717) is 0 Å². The highest BCUT2D eigenvalue weighted by Gasteiger charge is 2.31. The molecule has 2 aliphatic carbocycles. The van der Waals surface area contributed by atoms with Crippen LogP contribution in [0.4, 0.5) is 8.78 Å². The van der Waals surface area contributed by atoms with Crippen molar-refractivity contribution in [1.82, 2.24) is 0 Å². The molecule has 0 aliphatic heterocycles. The highest BCUT2D eigenvalue weighted by atomic mass is 19.1. The summed E-state index contributed by atoms with van der Waals surface area (Å²) in [5, 5.41) is 8.83. The second-order valence-corrected chi connectivity index (χ2v) is 8.86. The van der Waals surface area contributed by atoms with Crippen LogP contribution in [0.5, 0.6) is 0 Å². The first-order valence-electron chi connectivity index (χ1n) is 11.0. The lowest BCUT2D eigenvalue weighted by Crippen LogP contribution is -2.25. The summed E-state index contributed by atoms with van der Waals surface area (Å²) in [6, 6.07) is 4.38. The molecule has 1 aromatic carbocycles. The molecular formula is C24H33F2N. The van der Waals surface area contributed by atoms with E-state index in [4.69, 9.17) is 5.26 Å². The minimum atomic E-state index is -0.712. The molecule has 2 saturated carbocycles. The van der Waals surface area contributed by atoms with E-state index in [1.54, 1.807) is 6.07 Å². The lowest BCUT2D eigenvalue weighted by molar-refractivity contribution is 0.155. The summed E-state index contributed by atoms with van der Waals surface area (Å²) < 4.78 is 27.8. The van der Waals surface area contributed by atoms with Crippen molar-refractivity contribution in [2.45, 2.75) is 89.9 Å². The van der Waals surface area contributed by atoms with Crippen molar-refractivity contribution in [2.24, 2.45) is 17.8 Å². The molecule has 2 aliphatic rings. The molecular weight excluding hydrogens is 340 g/mol. The molecule has 0 amide bonds. The van der Waals surface area contributed by atoms with Crippen molar-refractivity contribution in [1.29, 1.82) is 5.26 Å². The van der Waals surface area contributed by atoms with E-state index in [9.17, 15) is 8.78 Å². The van der Waals surface area contributed by atoms with E-state index in [0.717, 1.165) is 36.2 Å². The fourth-order valence-electron chi connectivity index (χ4n) is 5.49. The average molecular weight is 374 g/mol. The maximum Gasteiger partial charge on any atom is 0.144 e. The first kappa shape index (κ1) is 20.3. The van der Waals surface area contributed by atoms with Crippen LogP contribution in [-0.2, 0) is 0 Å². The van der Waals surface area contributed by atoms with Gasteiger partial charge in [-0.25, -0.2) is 8.78 Å². The Morgan fingerprint density at radius 1 is 0.889 bits per heavy atom. The minimum absolute atomic E-state index is 0.239. The van der Waals surface area contributed by atoms with Gasteiger partial charge in [0.05, 0.1) is 0 Å². The van der Waals surface area contributed by atoms with Crippen LogP contribution in [0.3, 0.4) is 0 Å². The molecule has 1 aromatic rings. The SMILES string of the molecule is CCCCC[C@H]1CC[C@H](C2CCC(c3cc(F)c(C#N)c(F)c3)CC2)CC1. The predicted octanol–water partition coefficient (Wildman–Crippen LogP) is 7.50. The lowest BCUT2D eigenvalue weighted by atomic mass is 9.68. The smallest absolute Gasteiger partial charge is 0.144 e. The molecule has 2 fully saturated rings. The van der Waals surface area contributed by atoms with Crippen LogP contribution in [0.1, 0.15) is 101 Å². The Kier molecular flexibility index (Phi) is 7.27. The fraction of sp³-hybridized carbons (Fsp3) is 0.708. The standard InChI is InChI=1S/C24H33F2N/c1-2-3-4-5-17-6-8-18(9-7-17)19-10-12-20(13-11-19)21-14-23(25)22(16-27)24(26)15-21/h14-15,17-20H,2-13H2,1H3/t17-,18-,19?,20?. The van der Waals surface area contributed by atoms with E-state index < -0.39 is 17.2 Å². The summed E-state index contributed by atoms with van der Waals surface area (Å²) in [7, 11) is 0. The van der Waals surface area contributed by atoms with Crippen LogP contribution in [0.2, 0.25) is 0 Å². The Morgan fingerprint density at radius 2 is 1.44 bits per heavy atom. The summed E-state index contributed by atoms with van der Waals surface area (Å²) in [4.78, 5) is 0. The van der Waals surface area contributed by atoms with Crippen molar-refractivity contribution in [2.75, 3.05) is 0 Å². The van der Waals surface area contributed by atoms with Crippen LogP contribution in [0.15, 0.2) is 12.1 Å². The second-order valence-electron chi connectivity index (χ2n) is 8.86. The summed E-state index contributed by atoms with van der Waals surface area (Å²) in [5.41, 5.74) is 0.283. The molecule has 0 unspecified atom stereocenters. The lowest BCUT2D eigenvalue weighted by Gasteiger charge is -2.38. The molecule has 0 spiro atoms. The first-order chi connectivity index (χ1) is 13.1. The van der Waals surface area contributed by atoms with Crippen molar-refractivity contribution >= 4 is 0 Å². The zero-order valence-electron chi connectivity index (χ0n) is 16.7. The maximum absolute atomic E-state index is 13.9. The Bertz CT molecular complexity index is 624.